The maximum atomic E-state index is 5.78. The smallest absolute Gasteiger partial charge is 0.0406 e. The van der Waals surface area contributed by atoms with Crippen LogP contribution >= 0.6 is 11.6 Å². The first-order valence-electron chi connectivity index (χ1n) is 4.16. The van der Waals surface area contributed by atoms with Crippen LogP contribution in [0.25, 0.3) is 0 Å². The van der Waals surface area contributed by atoms with Gasteiger partial charge in [0.2, 0.25) is 0 Å². The molecule has 0 saturated carbocycles. The quantitative estimate of drug-likeness (QED) is 0.617. The van der Waals surface area contributed by atoms with Crippen molar-refractivity contribution in [3.8, 4) is 0 Å². The van der Waals surface area contributed by atoms with E-state index in [0.717, 1.165) is 11.4 Å². The van der Waals surface area contributed by atoms with E-state index in [1.807, 2.05) is 18.2 Å². The summed E-state index contributed by atoms with van der Waals surface area (Å²) in [6.45, 7) is 5.95. The Morgan fingerprint density at radius 3 is 2.42 bits per heavy atom. The second-order valence-electron chi connectivity index (χ2n) is 2.80. The Morgan fingerprint density at radius 2 is 2.00 bits per heavy atom. The first-order valence-corrected chi connectivity index (χ1v) is 4.53. The van der Waals surface area contributed by atoms with E-state index in [2.05, 4.69) is 25.6 Å². The first-order chi connectivity index (χ1) is 5.77. The lowest BCUT2D eigenvalue weighted by Crippen LogP contribution is -1.91. The summed E-state index contributed by atoms with van der Waals surface area (Å²) in [4.78, 5) is 0. The van der Waals surface area contributed by atoms with Crippen molar-refractivity contribution in [1.29, 1.82) is 0 Å². The highest BCUT2D eigenvalue weighted by Crippen LogP contribution is 2.21. The van der Waals surface area contributed by atoms with Crippen LogP contribution in [0.4, 0.5) is 0 Å². The molecule has 1 atom stereocenters. The Labute approximate surface area is 78.9 Å². The fourth-order valence-electron chi connectivity index (χ4n) is 1.25. The summed E-state index contributed by atoms with van der Waals surface area (Å²) in [6.07, 6.45) is 3.06. The van der Waals surface area contributed by atoms with E-state index in [9.17, 15) is 0 Å². The number of halogens is 1. The maximum Gasteiger partial charge on any atom is 0.0406 e. The van der Waals surface area contributed by atoms with Crippen molar-refractivity contribution >= 4 is 11.6 Å². The Bertz CT molecular complexity index is 248. The highest BCUT2D eigenvalue weighted by atomic mass is 35.5. The van der Waals surface area contributed by atoms with Crippen LogP contribution in [0.3, 0.4) is 0 Å². The third kappa shape index (κ3) is 2.12. The zero-order chi connectivity index (χ0) is 8.97. The highest BCUT2D eigenvalue weighted by molar-refractivity contribution is 6.30. The Hall–Kier alpha value is -0.750. The molecule has 0 aliphatic carbocycles. The van der Waals surface area contributed by atoms with Gasteiger partial charge in [-0.3, -0.25) is 0 Å². The van der Waals surface area contributed by atoms with Gasteiger partial charge in [-0.25, -0.2) is 0 Å². The number of benzene rings is 1. The van der Waals surface area contributed by atoms with Gasteiger partial charge in [0.25, 0.3) is 0 Å². The molecule has 0 aromatic heterocycles. The topological polar surface area (TPSA) is 0 Å². The molecule has 0 saturated heterocycles. The number of rotatable bonds is 3. The van der Waals surface area contributed by atoms with E-state index in [-0.39, 0.29) is 0 Å². The van der Waals surface area contributed by atoms with Crippen LogP contribution in [0.15, 0.2) is 36.9 Å². The molecule has 0 amide bonds. The van der Waals surface area contributed by atoms with Crippen LogP contribution in [0.5, 0.6) is 0 Å². The summed E-state index contributed by atoms with van der Waals surface area (Å²) in [5.74, 6) is 0.460. The van der Waals surface area contributed by atoms with E-state index in [1.54, 1.807) is 0 Å². The van der Waals surface area contributed by atoms with Crippen molar-refractivity contribution in [2.24, 2.45) is 0 Å². The molecule has 0 fully saturated rings. The molecule has 1 aromatic carbocycles. The number of hydrogen-bond acceptors (Lipinski definition) is 0. The lowest BCUT2D eigenvalue weighted by molar-refractivity contribution is 0.807. The van der Waals surface area contributed by atoms with Crippen molar-refractivity contribution < 1.29 is 0 Å². The predicted molar refractivity (Wildman–Crippen MR) is 54.7 cm³/mol. The van der Waals surface area contributed by atoms with Gasteiger partial charge < -0.3 is 0 Å². The van der Waals surface area contributed by atoms with Gasteiger partial charge >= 0.3 is 0 Å². The minimum Gasteiger partial charge on any atom is -0.102 e. The molecular weight excluding hydrogens is 168 g/mol. The van der Waals surface area contributed by atoms with Crippen molar-refractivity contribution in [2.75, 3.05) is 0 Å². The van der Waals surface area contributed by atoms with Gasteiger partial charge in [-0.2, -0.15) is 0 Å². The highest BCUT2D eigenvalue weighted by Gasteiger charge is 2.02. The van der Waals surface area contributed by atoms with Gasteiger partial charge in [-0.1, -0.05) is 36.7 Å². The van der Waals surface area contributed by atoms with E-state index < -0.39 is 0 Å². The Kier molecular flexibility index (Phi) is 3.36. The largest absolute Gasteiger partial charge is 0.102 e. The molecule has 1 heteroatoms. The third-order valence-electron chi connectivity index (χ3n) is 2.02. The van der Waals surface area contributed by atoms with Gasteiger partial charge in [-0.05, 0) is 24.1 Å². The zero-order valence-electron chi connectivity index (χ0n) is 7.26. The molecule has 0 radical (unpaired) electrons. The standard InChI is InChI=1S/C11H13Cl/c1-3-9(4-2)10-5-7-11(12)8-6-10/h3,5-9H,1,4H2,2H3/t9-/m0/s1. The molecule has 0 bridgehead atoms. The fraction of sp³-hybridized carbons (Fsp3) is 0.273. The van der Waals surface area contributed by atoms with Crippen LogP contribution in [0.2, 0.25) is 5.02 Å². The fourth-order valence-corrected chi connectivity index (χ4v) is 1.37. The minimum atomic E-state index is 0.460. The molecule has 0 aliphatic heterocycles. The van der Waals surface area contributed by atoms with E-state index >= 15 is 0 Å². The van der Waals surface area contributed by atoms with E-state index in [4.69, 9.17) is 11.6 Å². The van der Waals surface area contributed by atoms with Crippen molar-refractivity contribution in [3.63, 3.8) is 0 Å². The predicted octanol–water partition coefficient (Wildman–Crippen LogP) is 4.02. The summed E-state index contributed by atoms with van der Waals surface area (Å²) < 4.78 is 0. The second kappa shape index (κ2) is 4.32. The SMILES string of the molecule is C=C[C@@H](CC)c1ccc(Cl)cc1. The summed E-state index contributed by atoms with van der Waals surface area (Å²) in [5, 5.41) is 0.790. The lowest BCUT2D eigenvalue weighted by atomic mass is 9.97. The van der Waals surface area contributed by atoms with Crippen LogP contribution in [0, 0.1) is 0 Å². The summed E-state index contributed by atoms with van der Waals surface area (Å²) in [7, 11) is 0. The van der Waals surface area contributed by atoms with Crippen LogP contribution in [-0.4, -0.2) is 0 Å². The molecular formula is C11H13Cl. The van der Waals surface area contributed by atoms with Crippen LogP contribution in [-0.2, 0) is 0 Å². The first kappa shape index (κ1) is 9.34. The normalized spacial score (nSPS) is 12.5. The molecule has 1 rings (SSSR count). The van der Waals surface area contributed by atoms with Gasteiger partial charge in [0, 0.05) is 10.9 Å². The Balaban J connectivity index is 2.87. The van der Waals surface area contributed by atoms with Gasteiger partial charge in [-0.15, -0.1) is 6.58 Å². The lowest BCUT2D eigenvalue weighted by Gasteiger charge is -2.09. The van der Waals surface area contributed by atoms with Crippen molar-refractivity contribution in [3.05, 3.63) is 47.5 Å². The second-order valence-corrected chi connectivity index (χ2v) is 3.24. The maximum absolute atomic E-state index is 5.78. The minimum absolute atomic E-state index is 0.460. The number of allylic oxidation sites excluding steroid dienone is 1. The molecule has 0 unspecified atom stereocenters. The molecule has 1 aromatic rings. The van der Waals surface area contributed by atoms with E-state index in [0.29, 0.717) is 5.92 Å². The molecule has 0 heterocycles. The molecule has 0 nitrogen and oxygen atoms in total. The average Bonchev–Trinajstić information content (AvgIpc) is 2.10. The summed E-state index contributed by atoms with van der Waals surface area (Å²) in [6, 6.07) is 7.95. The molecule has 64 valence electrons. The van der Waals surface area contributed by atoms with Crippen LogP contribution in [0.1, 0.15) is 24.8 Å². The van der Waals surface area contributed by atoms with Gasteiger partial charge in [0.15, 0.2) is 0 Å². The monoisotopic (exact) mass is 180 g/mol. The zero-order valence-corrected chi connectivity index (χ0v) is 8.01. The van der Waals surface area contributed by atoms with Gasteiger partial charge in [0.05, 0.1) is 0 Å². The van der Waals surface area contributed by atoms with Gasteiger partial charge in [0.1, 0.15) is 0 Å². The molecule has 12 heavy (non-hydrogen) atoms. The average molecular weight is 181 g/mol. The summed E-state index contributed by atoms with van der Waals surface area (Å²) >= 11 is 5.78. The molecule has 0 aliphatic rings. The van der Waals surface area contributed by atoms with Crippen LogP contribution < -0.4 is 0 Å². The van der Waals surface area contributed by atoms with Crippen molar-refractivity contribution in [2.45, 2.75) is 19.3 Å². The number of hydrogen-bond donors (Lipinski definition) is 0. The Morgan fingerprint density at radius 1 is 1.42 bits per heavy atom. The van der Waals surface area contributed by atoms with E-state index in [1.165, 1.54) is 5.56 Å². The summed E-state index contributed by atoms with van der Waals surface area (Å²) in [5.41, 5.74) is 1.29. The van der Waals surface area contributed by atoms with Crippen molar-refractivity contribution in [1.82, 2.24) is 0 Å². The molecule has 0 spiro atoms. The third-order valence-corrected chi connectivity index (χ3v) is 2.27. The molecule has 0 N–H and O–H groups in total.